The lowest BCUT2D eigenvalue weighted by Gasteiger charge is -2.45. The highest BCUT2D eigenvalue weighted by Gasteiger charge is 2.39. The third kappa shape index (κ3) is 4.18. The Balaban J connectivity index is 1.15. The summed E-state index contributed by atoms with van der Waals surface area (Å²) in [6.07, 6.45) is 6.93. The third-order valence-electron chi connectivity index (χ3n) is 7.37. The standard InChI is InChI=1S/C25H31N3O3/c29-23(28-16-12-25(13-17-28)11-3-4-18-31-25)20-9-14-27(15-10-20)24(30)22-8-7-19-5-1-2-6-21(19)26-22/h1-2,5-8,20H,3-4,9-18H2. The van der Waals surface area contributed by atoms with Gasteiger partial charge in [-0.15, -0.1) is 0 Å². The van der Waals surface area contributed by atoms with E-state index in [4.69, 9.17) is 4.74 Å². The van der Waals surface area contributed by atoms with Crippen LogP contribution in [0.25, 0.3) is 10.9 Å². The number of likely N-dealkylation sites (tertiary alicyclic amines) is 2. The molecule has 3 saturated heterocycles. The van der Waals surface area contributed by atoms with Crippen molar-refractivity contribution in [1.29, 1.82) is 0 Å². The van der Waals surface area contributed by atoms with Gasteiger partial charge in [0.25, 0.3) is 5.91 Å². The van der Waals surface area contributed by atoms with Crippen molar-refractivity contribution >= 4 is 22.7 Å². The van der Waals surface area contributed by atoms with Gasteiger partial charge in [-0.05, 0) is 57.1 Å². The van der Waals surface area contributed by atoms with Gasteiger partial charge in [-0.3, -0.25) is 9.59 Å². The number of ether oxygens (including phenoxy) is 1. The van der Waals surface area contributed by atoms with Crippen molar-refractivity contribution in [1.82, 2.24) is 14.8 Å². The molecular weight excluding hydrogens is 390 g/mol. The summed E-state index contributed by atoms with van der Waals surface area (Å²) in [5.41, 5.74) is 1.35. The molecule has 0 atom stereocenters. The van der Waals surface area contributed by atoms with Crippen LogP contribution in [0.2, 0.25) is 0 Å². The zero-order valence-corrected chi connectivity index (χ0v) is 18.1. The van der Waals surface area contributed by atoms with Gasteiger partial charge in [0.15, 0.2) is 0 Å². The Labute approximate surface area is 183 Å². The normalized spacial score (nSPS) is 22.1. The first-order valence-corrected chi connectivity index (χ1v) is 11.7. The lowest BCUT2D eigenvalue weighted by molar-refractivity contribution is -0.147. The van der Waals surface area contributed by atoms with Gasteiger partial charge in [0, 0.05) is 44.1 Å². The minimum absolute atomic E-state index is 0.0231. The zero-order valence-electron chi connectivity index (χ0n) is 18.1. The van der Waals surface area contributed by atoms with Crippen molar-refractivity contribution in [2.24, 2.45) is 5.92 Å². The molecule has 3 fully saturated rings. The number of piperidine rings is 2. The van der Waals surface area contributed by atoms with E-state index in [9.17, 15) is 9.59 Å². The smallest absolute Gasteiger partial charge is 0.272 e. The molecule has 1 aromatic carbocycles. The predicted molar refractivity (Wildman–Crippen MR) is 119 cm³/mol. The molecule has 0 saturated carbocycles. The second-order valence-corrected chi connectivity index (χ2v) is 9.27. The summed E-state index contributed by atoms with van der Waals surface area (Å²) in [4.78, 5) is 34.5. The van der Waals surface area contributed by atoms with Crippen LogP contribution in [0, 0.1) is 5.92 Å². The molecule has 0 radical (unpaired) electrons. The molecule has 5 rings (SSSR count). The van der Waals surface area contributed by atoms with Crippen molar-refractivity contribution < 1.29 is 14.3 Å². The highest BCUT2D eigenvalue weighted by atomic mass is 16.5. The number of nitrogens with zero attached hydrogens (tertiary/aromatic N) is 3. The monoisotopic (exact) mass is 421 g/mol. The topological polar surface area (TPSA) is 62.7 Å². The molecule has 0 aliphatic carbocycles. The largest absolute Gasteiger partial charge is 0.375 e. The maximum atomic E-state index is 13.1. The Morgan fingerprint density at radius 1 is 0.903 bits per heavy atom. The lowest BCUT2D eigenvalue weighted by Crippen LogP contribution is -2.52. The molecule has 31 heavy (non-hydrogen) atoms. The molecule has 164 valence electrons. The summed E-state index contributed by atoms with van der Waals surface area (Å²) < 4.78 is 6.10. The van der Waals surface area contributed by atoms with Crippen molar-refractivity contribution in [3.8, 4) is 0 Å². The van der Waals surface area contributed by atoms with Crippen LogP contribution in [0.1, 0.15) is 55.4 Å². The van der Waals surface area contributed by atoms with E-state index in [-0.39, 0.29) is 23.3 Å². The Morgan fingerprint density at radius 3 is 2.42 bits per heavy atom. The lowest BCUT2D eigenvalue weighted by atomic mass is 9.84. The minimum atomic E-state index is -0.0361. The molecule has 6 heteroatoms. The number of pyridine rings is 1. The van der Waals surface area contributed by atoms with Crippen molar-refractivity contribution in [3.63, 3.8) is 0 Å². The molecule has 1 spiro atoms. The fraction of sp³-hybridized carbons (Fsp3) is 0.560. The molecule has 0 bridgehead atoms. The first-order valence-electron chi connectivity index (χ1n) is 11.7. The third-order valence-corrected chi connectivity index (χ3v) is 7.37. The van der Waals surface area contributed by atoms with Gasteiger partial charge in [-0.25, -0.2) is 4.98 Å². The molecule has 3 aliphatic heterocycles. The van der Waals surface area contributed by atoms with Crippen LogP contribution >= 0.6 is 0 Å². The fourth-order valence-corrected chi connectivity index (χ4v) is 5.37. The number of aromatic nitrogens is 1. The van der Waals surface area contributed by atoms with Crippen LogP contribution in [0.15, 0.2) is 36.4 Å². The number of rotatable bonds is 2. The van der Waals surface area contributed by atoms with E-state index in [1.54, 1.807) is 6.07 Å². The quantitative estimate of drug-likeness (QED) is 0.743. The first-order chi connectivity index (χ1) is 15.1. The predicted octanol–water partition coefficient (Wildman–Crippen LogP) is 3.65. The van der Waals surface area contributed by atoms with E-state index >= 15 is 0 Å². The van der Waals surface area contributed by atoms with E-state index in [0.29, 0.717) is 18.8 Å². The molecule has 0 N–H and O–H groups in total. The maximum Gasteiger partial charge on any atom is 0.272 e. The number of benzene rings is 1. The summed E-state index contributed by atoms with van der Waals surface area (Å²) >= 11 is 0. The minimum Gasteiger partial charge on any atom is -0.375 e. The highest BCUT2D eigenvalue weighted by Crippen LogP contribution is 2.35. The summed E-state index contributed by atoms with van der Waals surface area (Å²) in [5, 5.41) is 1.03. The van der Waals surface area contributed by atoms with Gasteiger partial charge in [-0.2, -0.15) is 0 Å². The Kier molecular flexibility index (Phi) is 5.65. The van der Waals surface area contributed by atoms with E-state index in [2.05, 4.69) is 4.98 Å². The van der Waals surface area contributed by atoms with Crippen molar-refractivity contribution in [2.75, 3.05) is 32.8 Å². The molecule has 2 amide bonds. The van der Waals surface area contributed by atoms with Crippen LogP contribution in [0.4, 0.5) is 0 Å². The summed E-state index contributed by atoms with van der Waals surface area (Å²) in [6, 6.07) is 11.6. The Bertz CT molecular complexity index is 951. The number of hydrogen-bond acceptors (Lipinski definition) is 4. The average Bonchev–Trinajstić information content (AvgIpc) is 2.84. The second-order valence-electron chi connectivity index (χ2n) is 9.27. The van der Waals surface area contributed by atoms with Crippen LogP contribution in [-0.2, 0) is 9.53 Å². The number of carbonyl (C=O) groups excluding carboxylic acids is 2. The van der Waals surface area contributed by atoms with Crippen molar-refractivity contribution in [2.45, 2.75) is 50.5 Å². The molecule has 2 aromatic rings. The van der Waals surface area contributed by atoms with E-state index in [1.165, 1.54) is 6.42 Å². The molecular formula is C25H31N3O3. The van der Waals surface area contributed by atoms with Gasteiger partial charge in [0.05, 0.1) is 11.1 Å². The van der Waals surface area contributed by atoms with E-state index in [1.807, 2.05) is 40.1 Å². The average molecular weight is 422 g/mol. The maximum absolute atomic E-state index is 13.1. The van der Waals surface area contributed by atoms with Crippen molar-refractivity contribution in [3.05, 3.63) is 42.1 Å². The van der Waals surface area contributed by atoms with Gasteiger partial charge in [0.2, 0.25) is 5.91 Å². The molecule has 0 unspecified atom stereocenters. The number of hydrogen-bond donors (Lipinski definition) is 0. The number of fused-ring (bicyclic) bond motifs is 1. The van der Waals surface area contributed by atoms with E-state index < -0.39 is 0 Å². The zero-order chi connectivity index (χ0) is 21.3. The number of para-hydroxylation sites is 1. The SMILES string of the molecule is O=C(c1ccc2ccccc2n1)N1CCC(C(=O)N2CCC3(CCCCO3)CC2)CC1. The van der Waals surface area contributed by atoms with Crippen LogP contribution in [0.3, 0.4) is 0 Å². The number of amides is 2. The van der Waals surface area contributed by atoms with Gasteiger partial charge in [0.1, 0.15) is 5.69 Å². The van der Waals surface area contributed by atoms with Gasteiger partial charge >= 0.3 is 0 Å². The van der Waals surface area contributed by atoms with Crippen LogP contribution in [0.5, 0.6) is 0 Å². The first kappa shape index (κ1) is 20.4. The summed E-state index contributed by atoms with van der Waals surface area (Å²) in [7, 11) is 0. The van der Waals surface area contributed by atoms with Gasteiger partial charge in [-0.1, -0.05) is 24.3 Å². The second kappa shape index (κ2) is 8.58. The molecule has 6 nitrogen and oxygen atoms in total. The van der Waals surface area contributed by atoms with Crippen LogP contribution in [-0.4, -0.2) is 65.0 Å². The van der Waals surface area contributed by atoms with E-state index in [0.717, 1.165) is 69.1 Å². The summed E-state index contributed by atoms with van der Waals surface area (Å²) in [6.45, 7) is 3.71. The molecule has 3 aliphatic rings. The van der Waals surface area contributed by atoms with Crippen LogP contribution < -0.4 is 0 Å². The number of carbonyl (C=O) groups is 2. The highest BCUT2D eigenvalue weighted by molar-refractivity contribution is 5.95. The molecule has 4 heterocycles. The molecule has 1 aromatic heterocycles. The Morgan fingerprint density at radius 2 is 1.68 bits per heavy atom. The van der Waals surface area contributed by atoms with Gasteiger partial charge < -0.3 is 14.5 Å². The fourth-order valence-electron chi connectivity index (χ4n) is 5.37. The summed E-state index contributed by atoms with van der Waals surface area (Å²) in [5.74, 6) is 0.252. The Hall–Kier alpha value is -2.47.